The molecule has 1 aliphatic heterocycles. The standard InChI is InChI=1S/C10H21NOS/c1-8-6-10(12)7-9(2)11(8)4-5-13-3/h8-10,12H,4-7H2,1-3H3. The molecular weight excluding hydrogens is 182 g/mol. The number of piperidine rings is 1. The first-order valence-electron chi connectivity index (χ1n) is 5.08. The molecule has 1 saturated heterocycles. The molecule has 0 aromatic rings. The molecule has 1 heterocycles. The second kappa shape index (κ2) is 5.23. The number of hydrogen-bond acceptors (Lipinski definition) is 3. The summed E-state index contributed by atoms with van der Waals surface area (Å²) in [7, 11) is 0. The Morgan fingerprint density at radius 2 is 1.85 bits per heavy atom. The highest BCUT2D eigenvalue weighted by atomic mass is 32.2. The summed E-state index contributed by atoms with van der Waals surface area (Å²) in [5.41, 5.74) is 0. The average Bonchev–Trinajstić information content (AvgIpc) is 2.02. The third kappa shape index (κ3) is 3.15. The van der Waals surface area contributed by atoms with Gasteiger partial charge in [0.25, 0.3) is 0 Å². The quantitative estimate of drug-likeness (QED) is 0.753. The van der Waals surface area contributed by atoms with Crippen LogP contribution in [0.15, 0.2) is 0 Å². The molecule has 1 rings (SSSR count). The van der Waals surface area contributed by atoms with Gasteiger partial charge in [-0.3, -0.25) is 4.90 Å². The lowest BCUT2D eigenvalue weighted by molar-refractivity contribution is 0.0173. The van der Waals surface area contributed by atoms with Gasteiger partial charge < -0.3 is 5.11 Å². The first-order chi connectivity index (χ1) is 6.15. The molecule has 0 aliphatic carbocycles. The van der Waals surface area contributed by atoms with Gasteiger partial charge >= 0.3 is 0 Å². The summed E-state index contributed by atoms with van der Waals surface area (Å²) in [4.78, 5) is 2.52. The smallest absolute Gasteiger partial charge is 0.0569 e. The number of aliphatic hydroxyl groups excluding tert-OH is 1. The van der Waals surface area contributed by atoms with Crippen molar-refractivity contribution in [3.05, 3.63) is 0 Å². The number of hydrogen-bond donors (Lipinski definition) is 1. The van der Waals surface area contributed by atoms with E-state index in [0.717, 1.165) is 19.4 Å². The monoisotopic (exact) mass is 203 g/mol. The van der Waals surface area contributed by atoms with Crippen molar-refractivity contribution in [2.24, 2.45) is 0 Å². The van der Waals surface area contributed by atoms with Gasteiger partial charge in [-0.25, -0.2) is 0 Å². The molecule has 0 spiro atoms. The normalized spacial score (nSPS) is 36.5. The number of likely N-dealkylation sites (tertiary alicyclic amines) is 1. The van der Waals surface area contributed by atoms with Crippen molar-refractivity contribution in [1.82, 2.24) is 4.90 Å². The zero-order valence-corrected chi connectivity index (χ0v) is 9.68. The third-order valence-electron chi connectivity index (χ3n) is 2.91. The molecule has 2 unspecified atom stereocenters. The predicted molar refractivity (Wildman–Crippen MR) is 59.3 cm³/mol. The van der Waals surface area contributed by atoms with Crippen LogP contribution >= 0.6 is 11.8 Å². The fraction of sp³-hybridized carbons (Fsp3) is 1.00. The van der Waals surface area contributed by atoms with Gasteiger partial charge in [-0.15, -0.1) is 0 Å². The molecule has 0 aromatic carbocycles. The van der Waals surface area contributed by atoms with E-state index in [-0.39, 0.29) is 6.10 Å². The Hall–Kier alpha value is 0.270. The van der Waals surface area contributed by atoms with Gasteiger partial charge in [0.15, 0.2) is 0 Å². The molecule has 1 fully saturated rings. The van der Waals surface area contributed by atoms with Crippen LogP contribution in [0.25, 0.3) is 0 Å². The zero-order valence-electron chi connectivity index (χ0n) is 8.86. The van der Waals surface area contributed by atoms with E-state index in [4.69, 9.17) is 0 Å². The Labute approximate surface area is 85.7 Å². The van der Waals surface area contributed by atoms with Crippen LogP contribution in [0.4, 0.5) is 0 Å². The topological polar surface area (TPSA) is 23.5 Å². The second-order valence-corrected chi connectivity index (χ2v) is 5.04. The Balaban J connectivity index is 2.41. The van der Waals surface area contributed by atoms with Crippen LogP contribution in [0.1, 0.15) is 26.7 Å². The maximum absolute atomic E-state index is 9.56. The van der Waals surface area contributed by atoms with E-state index in [0.29, 0.717) is 12.1 Å². The highest BCUT2D eigenvalue weighted by molar-refractivity contribution is 7.98. The Kier molecular flexibility index (Phi) is 4.56. The van der Waals surface area contributed by atoms with Gasteiger partial charge in [-0.1, -0.05) is 0 Å². The summed E-state index contributed by atoms with van der Waals surface area (Å²) in [6, 6.07) is 1.09. The van der Waals surface area contributed by atoms with Gasteiger partial charge in [-0.05, 0) is 32.9 Å². The van der Waals surface area contributed by atoms with Crippen molar-refractivity contribution in [2.75, 3.05) is 18.6 Å². The second-order valence-electron chi connectivity index (χ2n) is 4.05. The van der Waals surface area contributed by atoms with Crippen molar-refractivity contribution in [3.8, 4) is 0 Å². The summed E-state index contributed by atoms with van der Waals surface area (Å²) < 4.78 is 0. The average molecular weight is 203 g/mol. The predicted octanol–water partition coefficient (Wildman–Crippen LogP) is 1.58. The minimum absolute atomic E-state index is 0.0736. The molecule has 0 saturated carbocycles. The maximum atomic E-state index is 9.56. The number of thioether (sulfide) groups is 1. The fourth-order valence-corrected chi connectivity index (χ4v) is 2.62. The molecule has 1 aliphatic rings. The SMILES string of the molecule is CSCCN1C(C)CC(O)CC1C. The van der Waals surface area contributed by atoms with Gasteiger partial charge in [-0.2, -0.15) is 11.8 Å². The summed E-state index contributed by atoms with van der Waals surface area (Å²) >= 11 is 1.90. The van der Waals surface area contributed by atoms with E-state index in [2.05, 4.69) is 25.0 Å². The van der Waals surface area contributed by atoms with Crippen molar-refractivity contribution < 1.29 is 5.11 Å². The van der Waals surface area contributed by atoms with Gasteiger partial charge in [0.05, 0.1) is 6.10 Å². The lowest BCUT2D eigenvalue weighted by atomic mass is 9.95. The van der Waals surface area contributed by atoms with Crippen molar-refractivity contribution in [1.29, 1.82) is 0 Å². The molecule has 2 atom stereocenters. The van der Waals surface area contributed by atoms with Crippen LogP contribution in [-0.4, -0.2) is 46.7 Å². The van der Waals surface area contributed by atoms with E-state index in [9.17, 15) is 5.11 Å². The zero-order chi connectivity index (χ0) is 9.84. The molecule has 1 N–H and O–H groups in total. The first kappa shape index (κ1) is 11.3. The maximum Gasteiger partial charge on any atom is 0.0569 e. The number of rotatable bonds is 3. The van der Waals surface area contributed by atoms with Gasteiger partial charge in [0, 0.05) is 24.4 Å². The molecule has 78 valence electrons. The molecule has 3 heteroatoms. The van der Waals surface area contributed by atoms with Crippen LogP contribution in [0, 0.1) is 0 Å². The first-order valence-corrected chi connectivity index (χ1v) is 6.47. The van der Waals surface area contributed by atoms with E-state index in [1.165, 1.54) is 5.75 Å². The number of nitrogens with zero attached hydrogens (tertiary/aromatic N) is 1. The summed E-state index contributed by atoms with van der Waals surface area (Å²) in [6.07, 6.45) is 3.96. The van der Waals surface area contributed by atoms with Crippen LogP contribution < -0.4 is 0 Å². The van der Waals surface area contributed by atoms with Gasteiger partial charge in [0.1, 0.15) is 0 Å². The van der Waals surface area contributed by atoms with Crippen LogP contribution in [0.3, 0.4) is 0 Å². The summed E-state index contributed by atoms with van der Waals surface area (Å²) in [5.74, 6) is 1.20. The largest absolute Gasteiger partial charge is 0.393 e. The summed E-state index contributed by atoms with van der Waals surface area (Å²) in [6.45, 7) is 5.61. The Bertz CT molecular complexity index is 142. The molecule has 0 bridgehead atoms. The van der Waals surface area contributed by atoms with Crippen LogP contribution in [0.2, 0.25) is 0 Å². The van der Waals surface area contributed by atoms with Crippen molar-refractivity contribution >= 4 is 11.8 Å². The van der Waals surface area contributed by atoms with E-state index in [1.807, 2.05) is 11.8 Å². The fourth-order valence-electron chi connectivity index (χ4n) is 2.23. The minimum atomic E-state index is -0.0736. The molecule has 2 nitrogen and oxygen atoms in total. The Morgan fingerprint density at radius 3 is 2.31 bits per heavy atom. The van der Waals surface area contributed by atoms with Crippen LogP contribution in [0.5, 0.6) is 0 Å². The van der Waals surface area contributed by atoms with E-state index in [1.54, 1.807) is 0 Å². The van der Waals surface area contributed by atoms with Gasteiger partial charge in [0.2, 0.25) is 0 Å². The molecule has 0 aromatic heterocycles. The molecule has 0 radical (unpaired) electrons. The van der Waals surface area contributed by atoms with E-state index < -0.39 is 0 Å². The van der Waals surface area contributed by atoms with E-state index >= 15 is 0 Å². The lowest BCUT2D eigenvalue weighted by Gasteiger charge is -2.41. The highest BCUT2D eigenvalue weighted by Gasteiger charge is 2.28. The van der Waals surface area contributed by atoms with Crippen molar-refractivity contribution in [3.63, 3.8) is 0 Å². The molecule has 0 amide bonds. The van der Waals surface area contributed by atoms with Crippen LogP contribution in [-0.2, 0) is 0 Å². The lowest BCUT2D eigenvalue weighted by Crippen LogP contribution is -2.49. The third-order valence-corrected chi connectivity index (χ3v) is 3.50. The Morgan fingerprint density at radius 1 is 1.31 bits per heavy atom. The summed E-state index contributed by atoms with van der Waals surface area (Å²) in [5, 5.41) is 9.56. The van der Waals surface area contributed by atoms with Crippen molar-refractivity contribution in [2.45, 2.75) is 44.9 Å². The molecule has 13 heavy (non-hydrogen) atoms. The highest BCUT2D eigenvalue weighted by Crippen LogP contribution is 2.22. The minimum Gasteiger partial charge on any atom is -0.393 e. The molecular formula is C10H21NOS. The number of aliphatic hydroxyl groups is 1.